The van der Waals surface area contributed by atoms with E-state index in [-0.39, 0.29) is 18.4 Å². The number of likely N-dealkylation sites (N-methyl/N-ethyl adjacent to an activating group) is 1. The van der Waals surface area contributed by atoms with Crippen LogP contribution in [0.25, 0.3) is 0 Å². The summed E-state index contributed by atoms with van der Waals surface area (Å²) in [6, 6.07) is 12.6. The second-order valence-corrected chi connectivity index (χ2v) is 8.15. The number of anilines is 1. The lowest BCUT2D eigenvalue weighted by molar-refractivity contribution is -0.116. The van der Waals surface area contributed by atoms with E-state index in [0.717, 1.165) is 17.0 Å². The molecule has 0 atom stereocenters. The van der Waals surface area contributed by atoms with Gasteiger partial charge in [0.2, 0.25) is 5.91 Å². The highest BCUT2D eigenvalue weighted by Gasteiger charge is 2.18. The van der Waals surface area contributed by atoms with E-state index in [1.54, 1.807) is 44.1 Å². The predicted octanol–water partition coefficient (Wildman–Crippen LogP) is 4.55. The van der Waals surface area contributed by atoms with Crippen molar-refractivity contribution in [3.8, 4) is 11.5 Å². The van der Waals surface area contributed by atoms with Crippen molar-refractivity contribution in [2.75, 3.05) is 38.9 Å². The Labute approximate surface area is 182 Å². The molecule has 6 nitrogen and oxygen atoms in total. The van der Waals surface area contributed by atoms with Crippen molar-refractivity contribution >= 4 is 29.3 Å². The summed E-state index contributed by atoms with van der Waals surface area (Å²) >= 11 is 1.55. The van der Waals surface area contributed by atoms with Crippen LogP contribution in [0.1, 0.15) is 30.6 Å². The van der Waals surface area contributed by atoms with Gasteiger partial charge >= 0.3 is 0 Å². The van der Waals surface area contributed by atoms with E-state index in [0.29, 0.717) is 29.6 Å². The van der Waals surface area contributed by atoms with Crippen molar-refractivity contribution in [2.45, 2.75) is 25.2 Å². The fourth-order valence-corrected chi connectivity index (χ4v) is 3.32. The third kappa shape index (κ3) is 6.69. The van der Waals surface area contributed by atoms with E-state index in [1.165, 1.54) is 4.90 Å². The number of rotatable bonds is 10. The lowest BCUT2D eigenvalue weighted by Crippen LogP contribution is -2.35. The number of hydrogen-bond donors (Lipinski definition) is 1. The molecule has 0 aliphatic heterocycles. The van der Waals surface area contributed by atoms with E-state index in [2.05, 4.69) is 19.2 Å². The first-order chi connectivity index (χ1) is 14.3. The molecule has 30 heavy (non-hydrogen) atoms. The summed E-state index contributed by atoms with van der Waals surface area (Å²) < 4.78 is 11.2. The normalized spacial score (nSPS) is 10.6. The van der Waals surface area contributed by atoms with Crippen molar-refractivity contribution in [3.63, 3.8) is 0 Å². The molecule has 0 fully saturated rings. The number of nitrogens with zero attached hydrogens (tertiary/aromatic N) is 1. The molecular weight excluding hydrogens is 400 g/mol. The van der Waals surface area contributed by atoms with Crippen LogP contribution >= 0.6 is 11.8 Å². The van der Waals surface area contributed by atoms with Gasteiger partial charge in [-0.1, -0.05) is 26.0 Å². The van der Waals surface area contributed by atoms with Gasteiger partial charge in [-0.05, 0) is 48.9 Å². The van der Waals surface area contributed by atoms with E-state index < -0.39 is 0 Å². The van der Waals surface area contributed by atoms with Crippen LogP contribution in [0, 0.1) is 5.92 Å². The van der Waals surface area contributed by atoms with Crippen LogP contribution in [0.2, 0.25) is 0 Å². The molecule has 2 aromatic carbocycles. The van der Waals surface area contributed by atoms with Crippen LogP contribution in [0.4, 0.5) is 5.69 Å². The first-order valence-electron chi connectivity index (χ1n) is 9.84. The van der Waals surface area contributed by atoms with E-state index in [4.69, 9.17) is 9.47 Å². The maximum Gasteiger partial charge on any atom is 0.254 e. The molecule has 0 radical (unpaired) electrons. The van der Waals surface area contributed by atoms with Crippen molar-refractivity contribution < 1.29 is 19.1 Å². The zero-order valence-corrected chi connectivity index (χ0v) is 19.0. The summed E-state index contributed by atoms with van der Waals surface area (Å²) in [4.78, 5) is 27.6. The molecule has 0 saturated heterocycles. The summed E-state index contributed by atoms with van der Waals surface area (Å²) in [5, 5.41) is 2.86. The van der Waals surface area contributed by atoms with Gasteiger partial charge in [-0.3, -0.25) is 9.59 Å². The molecule has 0 heterocycles. The van der Waals surface area contributed by atoms with Crippen molar-refractivity contribution in [3.05, 3.63) is 48.0 Å². The Morgan fingerprint density at radius 2 is 1.87 bits per heavy atom. The number of carbonyl (C=O) groups excluding carboxylic acids is 2. The lowest BCUT2D eigenvalue weighted by atomic mass is 10.1. The summed E-state index contributed by atoms with van der Waals surface area (Å²) in [7, 11) is 3.14. The van der Waals surface area contributed by atoms with Gasteiger partial charge in [-0.2, -0.15) is 0 Å². The summed E-state index contributed by atoms with van der Waals surface area (Å²) in [5.41, 5.74) is 1.17. The predicted molar refractivity (Wildman–Crippen MR) is 122 cm³/mol. The third-order valence-electron chi connectivity index (χ3n) is 4.47. The Hall–Kier alpha value is -2.67. The molecule has 2 aromatic rings. The number of hydrogen-bond acceptors (Lipinski definition) is 5. The molecule has 0 spiro atoms. The number of ether oxygens (including phenoxy) is 2. The Bertz CT molecular complexity index is 870. The van der Waals surface area contributed by atoms with Gasteiger partial charge in [-0.15, -0.1) is 11.8 Å². The summed E-state index contributed by atoms with van der Waals surface area (Å²) in [6.45, 7) is 4.79. The second-order valence-electron chi connectivity index (χ2n) is 7.31. The largest absolute Gasteiger partial charge is 0.493 e. The zero-order chi connectivity index (χ0) is 22.1. The van der Waals surface area contributed by atoms with Gasteiger partial charge < -0.3 is 19.7 Å². The van der Waals surface area contributed by atoms with Crippen molar-refractivity contribution in [2.24, 2.45) is 5.92 Å². The van der Waals surface area contributed by atoms with Crippen LogP contribution in [0.15, 0.2) is 47.4 Å². The van der Waals surface area contributed by atoms with Gasteiger partial charge in [0.05, 0.1) is 25.9 Å². The van der Waals surface area contributed by atoms with Gasteiger partial charge in [0.15, 0.2) is 11.5 Å². The number of para-hydroxylation sites is 1. The van der Waals surface area contributed by atoms with Gasteiger partial charge in [-0.25, -0.2) is 0 Å². The molecular formula is C23H30N2O4S. The summed E-state index contributed by atoms with van der Waals surface area (Å²) in [5.74, 6) is 1.11. The lowest BCUT2D eigenvalue weighted by Gasteiger charge is -2.19. The Morgan fingerprint density at radius 3 is 2.53 bits per heavy atom. The van der Waals surface area contributed by atoms with Crippen molar-refractivity contribution in [1.82, 2.24) is 4.90 Å². The number of thioether (sulfide) groups is 1. The second kappa shape index (κ2) is 11.5. The Balaban J connectivity index is 2.01. The minimum Gasteiger partial charge on any atom is -0.493 e. The highest BCUT2D eigenvalue weighted by molar-refractivity contribution is 7.98. The van der Waals surface area contributed by atoms with Crippen LogP contribution in [-0.2, 0) is 4.79 Å². The molecule has 0 unspecified atom stereocenters. The molecule has 7 heteroatoms. The van der Waals surface area contributed by atoms with Crippen LogP contribution in [-0.4, -0.2) is 50.3 Å². The average molecular weight is 431 g/mol. The number of nitrogens with one attached hydrogen (secondary N) is 1. The standard InChI is InChI=1S/C23H30N2O4S/c1-16(2)12-13-29-19-11-10-17(14-20(19)28-4)23(27)25(3)15-22(26)24-18-8-6-7-9-21(18)30-5/h6-11,14,16H,12-13,15H2,1-5H3,(H,24,26). The highest BCUT2D eigenvalue weighted by atomic mass is 32.2. The Kier molecular flexibility index (Phi) is 9.05. The Morgan fingerprint density at radius 1 is 1.13 bits per heavy atom. The van der Waals surface area contributed by atoms with Crippen molar-refractivity contribution in [1.29, 1.82) is 0 Å². The molecule has 0 bridgehead atoms. The smallest absolute Gasteiger partial charge is 0.254 e. The number of benzene rings is 2. The average Bonchev–Trinajstić information content (AvgIpc) is 2.73. The van der Waals surface area contributed by atoms with Gasteiger partial charge in [0, 0.05) is 17.5 Å². The van der Waals surface area contributed by atoms with Crippen LogP contribution in [0.5, 0.6) is 11.5 Å². The first-order valence-corrected chi connectivity index (χ1v) is 11.1. The monoisotopic (exact) mass is 430 g/mol. The van der Waals surface area contributed by atoms with E-state index in [1.807, 2.05) is 30.5 Å². The molecule has 1 N–H and O–H groups in total. The molecule has 2 rings (SSSR count). The number of methoxy groups -OCH3 is 1. The van der Waals surface area contributed by atoms with Gasteiger partial charge in [0.1, 0.15) is 0 Å². The molecule has 0 aliphatic rings. The number of carbonyl (C=O) groups is 2. The molecule has 0 aliphatic carbocycles. The third-order valence-corrected chi connectivity index (χ3v) is 5.27. The fourth-order valence-electron chi connectivity index (χ4n) is 2.77. The highest BCUT2D eigenvalue weighted by Crippen LogP contribution is 2.29. The summed E-state index contributed by atoms with van der Waals surface area (Å²) in [6.07, 6.45) is 2.88. The maximum absolute atomic E-state index is 12.8. The van der Waals surface area contributed by atoms with Gasteiger partial charge in [0.25, 0.3) is 5.91 Å². The fraction of sp³-hybridized carbons (Fsp3) is 0.391. The first kappa shape index (κ1) is 23.6. The number of amides is 2. The topological polar surface area (TPSA) is 67.9 Å². The molecule has 0 saturated carbocycles. The zero-order valence-electron chi connectivity index (χ0n) is 18.2. The molecule has 162 valence electrons. The quantitative estimate of drug-likeness (QED) is 0.560. The minimum atomic E-state index is -0.268. The SMILES string of the molecule is COc1cc(C(=O)N(C)CC(=O)Nc2ccccc2SC)ccc1OCCC(C)C. The van der Waals surface area contributed by atoms with Crippen LogP contribution < -0.4 is 14.8 Å². The molecule has 2 amide bonds. The minimum absolute atomic E-state index is 0.0590. The van der Waals surface area contributed by atoms with E-state index >= 15 is 0 Å². The van der Waals surface area contributed by atoms with E-state index in [9.17, 15) is 9.59 Å². The molecule has 0 aromatic heterocycles. The van der Waals surface area contributed by atoms with Crippen LogP contribution in [0.3, 0.4) is 0 Å². The maximum atomic E-state index is 12.8.